The van der Waals surface area contributed by atoms with E-state index in [-0.39, 0.29) is 10.6 Å². The Bertz CT molecular complexity index is 1600. The third-order valence-corrected chi connectivity index (χ3v) is 7.30. The van der Waals surface area contributed by atoms with Crippen molar-refractivity contribution in [2.75, 3.05) is 5.33 Å². The molecule has 7 heteroatoms. The fraction of sp³-hybridized carbons (Fsp3) is 0.231. The molecule has 2 N–H and O–H groups in total. The van der Waals surface area contributed by atoms with Crippen molar-refractivity contribution in [1.29, 1.82) is 0 Å². The summed E-state index contributed by atoms with van der Waals surface area (Å²) in [4.78, 5) is 29.7. The molecular formula is C26H22BrN3O3. The number of alkyl halides is 1. The standard InChI is InChI=1S/C26H22BrN3O3/c27-13-7-1-2-8-14-29-18-12-6-4-10-16(18)20-22-21(25(31)30(33)26(22)32)19-15-9-3-5-11-17(15)28-23(19)24(20)29/h3-6,9-12,28,33H,1-2,7-8,13-14H2. The molecule has 3 heterocycles. The number of hydrogen-bond donors (Lipinski definition) is 2. The summed E-state index contributed by atoms with van der Waals surface area (Å²) in [6.45, 7) is 0.806. The average molecular weight is 504 g/mol. The van der Waals surface area contributed by atoms with Gasteiger partial charge in [0.15, 0.2) is 0 Å². The van der Waals surface area contributed by atoms with Crippen LogP contribution in [-0.4, -0.2) is 37.0 Å². The minimum absolute atomic E-state index is 0.262. The Labute approximate surface area is 197 Å². The number of hydroxylamine groups is 2. The van der Waals surface area contributed by atoms with Gasteiger partial charge in [0, 0.05) is 44.5 Å². The zero-order chi connectivity index (χ0) is 22.7. The molecule has 3 aromatic carbocycles. The number of rotatable bonds is 6. The normalized spacial score (nSPS) is 13.9. The fourth-order valence-corrected chi connectivity index (χ4v) is 5.72. The highest BCUT2D eigenvalue weighted by molar-refractivity contribution is 9.09. The molecule has 1 aliphatic rings. The first kappa shape index (κ1) is 20.4. The van der Waals surface area contributed by atoms with E-state index in [1.165, 1.54) is 0 Å². The van der Waals surface area contributed by atoms with Crippen molar-refractivity contribution in [3.63, 3.8) is 0 Å². The van der Waals surface area contributed by atoms with E-state index in [9.17, 15) is 14.8 Å². The van der Waals surface area contributed by atoms with Crippen molar-refractivity contribution >= 4 is 71.4 Å². The Morgan fingerprint density at radius 1 is 0.818 bits per heavy atom. The van der Waals surface area contributed by atoms with Gasteiger partial charge in [0.2, 0.25) is 0 Å². The number of benzene rings is 3. The van der Waals surface area contributed by atoms with Crippen molar-refractivity contribution in [3.05, 3.63) is 59.7 Å². The predicted molar refractivity (Wildman–Crippen MR) is 133 cm³/mol. The van der Waals surface area contributed by atoms with E-state index in [1.54, 1.807) is 0 Å². The number of nitrogens with zero attached hydrogens (tertiary/aromatic N) is 2. The highest BCUT2D eigenvalue weighted by Crippen LogP contribution is 2.44. The van der Waals surface area contributed by atoms with Crippen molar-refractivity contribution in [1.82, 2.24) is 14.6 Å². The molecule has 33 heavy (non-hydrogen) atoms. The number of hydrogen-bond acceptors (Lipinski definition) is 3. The van der Waals surface area contributed by atoms with Gasteiger partial charge in [-0.15, -0.1) is 5.06 Å². The molecule has 0 aliphatic carbocycles. The van der Waals surface area contributed by atoms with Crippen LogP contribution in [0.4, 0.5) is 0 Å². The summed E-state index contributed by atoms with van der Waals surface area (Å²) in [7, 11) is 0. The predicted octanol–water partition coefficient (Wildman–Crippen LogP) is 6.37. The zero-order valence-electron chi connectivity index (χ0n) is 17.9. The minimum atomic E-state index is -0.668. The number of H-pyrrole nitrogens is 1. The van der Waals surface area contributed by atoms with Crippen LogP contribution in [0.3, 0.4) is 0 Å². The van der Waals surface area contributed by atoms with Crippen LogP contribution in [0.2, 0.25) is 0 Å². The summed E-state index contributed by atoms with van der Waals surface area (Å²) in [5.74, 6) is -1.33. The smallest absolute Gasteiger partial charge is 0.286 e. The monoisotopic (exact) mass is 503 g/mol. The lowest BCUT2D eigenvalue weighted by Gasteiger charge is -2.09. The number of aromatic nitrogens is 2. The van der Waals surface area contributed by atoms with E-state index in [4.69, 9.17) is 0 Å². The number of fused-ring (bicyclic) bond motifs is 10. The Hall–Kier alpha value is -3.16. The Morgan fingerprint density at radius 3 is 2.27 bits per heavy atom. The molecule has 0 unspecified atom stereocenters. The van der Waals surface area contributed by atoms with Crippen LogP contribution >= 0.6 is 15.9 Å². The van der Waals surface area contributed by atoms with Crippen LogP contribution in [0, 0.1) is 0 Å². The van der Waals surface area contributed by atoms with Gasteiger partial charge in [-0.1, -0.05) is 65.2 Å². The van der Waals surface area contributed by atoms with E-state index in [0.717, 1.165) is 75.8 Å². The van der Waals surface area contributed by atoms with Gasteiger partial charge in [-0.2, -0.15) is 0 Å². The number of amides is 2. The van der Waals surface area contributed by atoms with Crippen LogP contribution in [0.15, 0.2) is 48.5 Å². The molecule has 2 aromatic heterocycles. The van der Waals surface area contributed by atoms with Gasteiger partial charge < -0.3 is 9.55 Å². The first-order chi connectivity index (χ1) is 16.1. The Kier molecular flexibility index (Phi) is 4.78. The number of para-hydroxylation sites is 2. The number of aromatic amines is 1. The van der Waals surface area contributed by atoms with Crippen molar-refractivity contribution in [3.8, 4) is 0 Å². The second-order valence-corrected chi connectivity index (χ2v) is 9.38. The molecule has 0 spiro atoms. The maximum atomic E-state index is 13.1. The average Bonchev–Trinajstić information content (AvgIpc) is 3.44. The molecule has 6 nitrogen and oxygen atoms in total. The van der Waals surface area contributed by atoms with E-state index in [2.05, 4.69) is 31.5 Å². The molecule has 0 radical (unpaired) electrons. The number of halogens is 1. The van der Waals surface area contributed by atoms with Crippen molar-refractivity contribution in [2.45, 2.75) is 32.2 Å². The lowest BCUT2D eigenvalue weighted by molar-refractivity contribution is -0.0325. The maximum absolute atomic E-state index is 13.1. The number of imide groups is 1. The van der Waals surface area contributed by atoms with Gasteiger partial charge in [0.1, 0.15) is 0 Å². The van der Waals surface area contributed by atoms with Crippen LogP contribution in [0.5, 0.6) is 0 Å². The molecule has 2 amide bonds. The third-order valence-electron chi connectivity index (χ3n) is 6.74. The largest absolute Gasteiger partial charge is 0.353 e. The summed E-state index contributed by atoms with van der Waals surface area (Å²) in [6, 6.07) is 15.8. The topological polar surface area (TPSA) is 78.3 Å². The fourth-order valence-electron chi connectivity index (χ4n) is 5.33. The highest BCUT2D eigenvalue weighted by atomic mass is 79.9. The summed E-state index contributed by atoms with van der Waals surface area (Å²) < 4.78 is 2.27. The second-order valence-electron chi connectivity index (χ2n) is 8.59. The first-order valence-corrected chi connectivity index (χ1v) is 12.4. The van der Waals surface area contributed by atoms with Gasteiger partial charge in [-0.05, 0) is 25.0 Å². The molecule has 0 bridgehead atoms. The number of nitrogens with one attached hydrogen (secondary N) is 1. The molecule has 5 aromatic rings. The molecule has 0 saturated heterocycles. The number of unbranched alkanes of at least 4 members (excludes halogenated alkanes) is 3. The van der Waals surface area contributed by atoms with Crippen molar-refractivity contribution < 1.29 is 14.8 Å². The van der Waals surface area contributed by atoms with Crippen LogP contribution < -0.4 is 0 Å². The first-order valence-electron chi connectivity index (χ1n) is 11.2. The van der Waals surface area contributed by atoms with Gasteiger partial charge in [0.25, 0.3) is 11.8 Å². The number of carbonyl (C=O) groups excluding carboxylic acids is 2. The number of carbonyl (C=O) groups is 2. The molecule has 0 saturated carbocycles. The second kappa shape index (κ2) is 7.71. The zero-order valence-corrected chi connectivity index (χ0v) is 19.5. The summed E-state index contributed by atoms with van der Waals surface area (Å²) in [5, 5.41) is 14.8. The lowest BCUT2D eigenvalue weighted by atomic mass is 9.97. The Balaban J connectivity index is 1.75. The van der Waals surface area contributed by atoms with Gasteiger partial charge in [-0.3, -0.25) is 14.8 Å². The highest BCUT2D eigenvalue weighted by Gasteiger charge is 2.41. The number of aryl methyl sites for hydroxylation is 1. The quantitative estimate of drug-likeness (QED) is 0.122. The third kappa shape index (κ3) is 2.82. The van der Waals surface area contributed by atoms with Crippen molar-refractivity contribution in [2.24, 2.45) is 0 Å². The van der Waals surface area contributed by atoms with E-state index >= 15 is 0 Å². The van der Waals surface area contributed by atoms with E-state index in [1.807, 2.05) is 42.5 Å². The molecule has 166 valence electrons. The van der Waals surface area contributed by atoms with Gasteiger partial charge >= 0.3 is 0 Å². The molecule has 0 atom stereocenters. The summed E-state index contributed by atoms with van der Waals surface area (Å²) >= 11 is 3.50. The van der Waals surface area contributed by atoms with Crippen LogP contribution in [-0.2, 0) is 6.54 Å². The Morgan fingerprint density at radius 2 is 1.48 bits per heavy atom. The molecule has 0 fully saturated rings. The van der Waals surface area contributed by atoms with E-state index in [0.29, 0.717) is 10.9 Å². The molecule has 1 aliphatic heterocycles. The summed E-state index contributed by atoms with van der Waals surface area (Å²) in [5.41, 5.74) is 4.24. The van der Waals surface area contributed by atoms with Gasteiger partial charge in [-0.25, -0.2) is 0 Å². The van der Waals surface area contributed by atoms with Crippen LogP contribution in [0.25, 0.3) is 43.6 Å². The molecule has 6 rings (SSSR count). The van der Waals surface area contributed by atoms with Gasteiger partial charge in [0.05, 0.1) is 22.2 Å². The minimum Gasteiger partial charge on any atom is -0.353 e. The lowest BCUT2D eigenvalue weighted by Crippen LogP contribution is -2.25. The SMILES string of the molecule is O=C1c2c(c3c4ccccc4n(CCCCCCBr)c3c3[nH]c4ccccc4c23)C(=O)N1O. The molecular weight excluding hydrogens is 482 g/mol. The summed E-state index contributed by atoms with van der Waals surface area (Å²) in [6.07, 6.45) is 4.43. The van der Waals surface area contributed by atoms with E-state index < -0.39 is 11.8 Å². The maximum Gasteiger partial charge on any atom is 0.286 e. The van der Waals surface area contributed by atoms with Crippen LogP contribution in [0.1, 0.15) is 46.4 Å².